The second kappa shape index (κ2) is 5.59. The van der Waals surface area contributed by atoms with Crippen LogP contribution in [0.4, 0.5) is 0 Å². The average molecular weight is 342 g/mol. The number of hydrogen-bond donors (Lipinski definition) is 1. The summed E-state index contributed by atoms with van der Waals surface area (Å²) in [6.07, 6.45) is 6.00. The van der Waals surface area contributed by atoms with Crippen LogP contribution in [-0.4, -0.2) is 19.3 Å². The van der Waals surface area contributed by atoms with Gasteiger partial charge in [0.15, 0.2) is 0 Å². The van der Waals surface area contributed by atoms with Crippen LogP contribution in [0.15, 0.2) is 59.4 Å². The van der Waals surface area contributed by atoms with Crippen LogP contribution in [0, 0.1) is 0 Å². The molecule has 26 heavy (non-hydrogen) atoms. The van der Waals surface area contributed by atoms with Crippen LogP contribution in [0.5, 0.6) is 0 Å². The van der Waals surface area contributed by atoms with Crippen molar-refractivity contribution in [1.82, 2.24) is 19.3 Å². The Balaban J connectivity index is 1.75. The summed E-state index contributed by atoms with van der Waals surface area (Å²) < 4.78 is 3.56. The lowest BCUT2D eigenvalue weighted by molar-refractivity contribution is 0.812. The zero-order valence-corrected chi connectivity index (χ0v) is 14.4. The number of hydrogen-bond acceptors (Lipinski definition) is 2. The molecule has 0 spiro atoms. The van der Waals surface area contributed by atoms with E-state index in [-0.39, 0.29) is 5.69 Å². The quantitative estimate of drug-likeness (QED) is 0.604. The van der Waals surface area contributed by atoms with Gasteiger partial charge in [0, 0.05) is 18.0 Å². The van der Waals surface area contributed by atoms with Crippen molar-refractivity contribution in [2.24, 2.45) is 7.05 Å². The molecule has 128 valence electrons. The second-order valence-electron chi connectivity index (χ2n) is 6.62. The lowest BCUT2D eigenvalue weighted by Gasteiger charge is -2.10. The third-order valence-electron chi connectivity index (χ3n) is 5.08. The average Bonchev–Trinajstić information content (AvgIpc) is 3.22. The van der Waals surface area contributed by atoms with Gasteiger partial charge in [-0.2, -0.15) is 5.10 Å². The van der Waals surface area contributed by atoms with E-state index in [0.29, 0.717) is 0 Å². The van der Waals surface area contributed by atoms with Crippen LogP contribution in [-0.2, 0) is 13.5 Å². The molecule has 0 saturated heterocycles. The first kappa shape index (κ1) is 15.0. The molecule has 0 saturated carbocycles. The molecule has 1 aliphatic rings. The number of aromatic amines is 1. The van der Waals surface area contributed by atoms with E-state index >= 15 is 0 Å². The summed E-state index contributed by atoms with van der Waals surface area (Å²) in [6.45, 7) is 0. The summed E-state index contributed by atoms with van der Waals surface area (Å²) in [6, 6.07) is 16.1. The molecule has 2 heterocycles. The van der Waals surface area contributed by atoms with E-state index in [9.17, 15) is 4.79 Å². The summed E-state index contributed by atoms with van der Waals surface area (Å²) >= 11 is 0. The van der Waals surface area contributed by atoms with Gasteiger partial charge in [-0.15, -0.1) is 0 Å². The molecule has 0 fully saturated rings. The van der Waals surface area contributed by atoms with Crippen LogP contribution in [0.1, 0.15) is 17.8 Å². The maximum absolute atomic E-state index is 12.9. The topological polar surface area (TPSA) is 55.6 Å². The molecule has 5 rings (SSSR count). The molecule has 0 radical (unpaired) electrons. The van der Waals surface area contributed by atoms with E-state index in [1.165, 1.54) is 0 Å². The Morgan fingerprint density at radius 1 is 1.12 bits per heavy atom. The molecule has 5 heteroatoms. The maximum atomic E-state index is 12.9. The number of rotatable bonds is 2. The third kappa shape index (κ3) is 2.10. The van der Waals surface area contributed by atoms with Gasteiger partial charge in [0.25, 0.3) is 0 Å². The molecule has 2 aromatic carbocycles. The van der Waals surface area contributed by atoms with Gasteiger partial charge in [0.05, 0.1) is 28.3 Å². The minimum Gasteiger partial charge on any atom is -0.295 e. The first-order valence-corrected chi connectivity index (χ1v) is 8.75. The summed E-state index contributed by atoms with van der Waals surface area (Å²) in [4.78, 5) is 12.9. The van der Waals surface area contributed by atoms with Gasteiger partial charge in [0.1, 0.15) is 0 Å². The third-order valence-corrected chi connectivity index (χ3v) is 5.08. The summed E-state index contributed by atoms with van der Waals surface area (Å²) in [5.41, 5.74) is 5.87. The number of imidazole rings is 1. The summed E-state index contributed by atoms with van der Waals surface area (Å²) in [5.74, 6) is 0. The molecule has 0 amide bonds. The Bertz CT molecular complexity index is 1210. The Hall–Kier alpha value is -3.34. The molecule has 2 aromatic heterocycles. The van der Waals surface area contributed by atoms with Gasteiger partial charge in [-0.25, -0.2) is 4.79 Å². The highest BCUT2D eigenvalue weighted by Gasteiger charge is 2.19. The van der Waals surface area contributed by atoms with E-state index < -0.39 is 0 Å². The number of aromatic nitrogens is 4. The number of nitrogens with one attached hydrogen (secondary N) is 1. The molecule has 1 aliphatic carbocycles. The van der Waals surface area contributed by atoms with E-state index in [4.69, 9.17) is 0 Å². The number of benzene rings is 2. The lowest BCUT2D eigenvalue weighted by Crippen LogP contribution is -2.22. The first-order chi connectivity index (χ1) is 12.7. The molecule has 0 aliphatic heterocycles. The van der Waals surface area contributed by atoms with Crippen molar-refractivity contribution in [2.45, 2.75) is 12.8 Å². The molecular formula is C21H18N4O. The SMILES string of the molecule is Cn1c2c(n(-c3ccc4[nH]nc(-c5ccccc5)c4c3)c1=O)CCC=C2. The Morgan fingerprint density at radius 3 is 2.81 bits per heavy atom. The van der Waals surface area contributed by atoms with Gasteiger partial charge < -0.3 is 0 Å². The largest absolute Gasteiger partial charge is 0.333 e. The standard InChI is InChI=1S/C21H18N4O/c1-24-18-9-5-6-10-19(18)25(21(24)26)15-11-12-17-16(13-15)20(23-22-17)14-7-3-2-4-8-14/h2-5,7-9,11-13H,6,10H2,1H3,(H,22,23). The number of fused-ring (bicyclic) bond motifs is 2. The Labute approximate surface area is 150 Å². The fourth-order valence-corrected chi connectivity index (χ4v) is 3.76. The minimum absolute atomic E-state index is 0.00865. The minimum atomic E-state index is -0.00865. The zero-order valence-electron chi connectivity index (χ0n) is 14.4. The lowest BCUT2D eigenvalue weighted by atomic mass is 10.1. The van der Waals surface area contributed by atoms with Crippen molar-refractivity contribution in [3.05, 3.63) is 76.5 Å². The summed E-state index contributed by atoms with van der Waals surface area (Å²) in [7, 11) is 1.83. The smallest absolute Gasteiger partial charge is 0.295 e. The normalized spacial score (nSPS) is 13.3. The zero-order chi connectivity index (χ0) is 17.7. The van der Waals surface area contributed by atoms with Crippen LogP contribution < -0.4 is 5.69 Å². The van der Waals surface area contributed by atoms with E-state index in [1.54, 1.807) is 4.57 Å². The number of allylic oxidation sites excluding steroid dienone is 1. The first-order valence-electron chi connectivity index (χ1n) is 8.75. The van der Waals surface area contributed by atoms with Crippen molar-refractivity contribution in [2.75, 3.05) is 0 Å². The van der Waals surface area contributed by atoms with Gasteiger partial charge in [-0.1, -0.05) is 36.4 Å². The fraction of sp³-hybridized carbons (Fsp3) is 0.143. The Kier molecular flexibility index (Phi) is 3.22. The predicted molar refractivity (Wildman–Crippen MR) is 103 cm³/mol. The van der Waals surface area contributed by atoms with Gasteiger partial charge in [0.2, 0.25) is 0 Å². The molecule has 0 bridgehead atoms. The molecule has 1 N–H and O–H groups in total. The molecular weight excluding hydrogens is 324 g/mol. The molecule has 4 aromatic rings. The van der Waals surface area contributed by atoms with Gasteiger partial charge >= 0.3 is 5.69 Å². The monoisotopic (exact) mass is 342 g/mol. The number of H-pyrrole nitrogens is 1. The van der Waals surface area contributed by atoms with Crippen LogP contribution in [0.2, 0.25) is 0 Å². The molecule has 0 atom stereocenters. The van der Waals surface area contributed by atoms with Crippen LogP contribution >= 0.6 is 0 Å². The molecule has 0 unspecified atom stereocenters. The summed E-state index contributed by atoms with van der Waals surface area (Å²) in [5, 5.41) is 8.60. The predicted octanol–water partition coefficient (Wildman–Crippen LogP) is 3.68. The highest BCUT2D eigenvalue weighted by atomic mass is 16.1. The maximum Gasteiger partial charge on any atom is 0.333 e. The van der Waals surface area contributed by atoms with Crippen LogP contribution in [0.3, 0.4) is 0 Å². The van der Waals surface area contributed by atoms with Gasteiger partial charge in [-0.05, 0) is 37.1 Å². The molecule has 5 nitrogen and oxygen atoms in total. The fourth-order valence-electron chi connectivity index (χ4n) is 3.76. The highest BCUT2D eigenvalue weighted by molar-refractivity contribution is 5.94. The van der Waals surface area contributed by atoms with Crippen molar-refractivity contribution in [3.8, 4) is 16.9 Å². The van der Waals surface area contributed by atoms with Crippen LogP contribution in [0.25, 0.3) is 33.9 Å². The van der Waals surface area contributed by atoms with E-state index in [1.807, 2.05) is 60.2 Å². The van der Waals surface area contributed by atoms with E-state index in [2.05, 4.69) is 22.3 Å². The van der Waals surface area contributed by atoms with E-state index in [0.717, 1.165) is 52.1 Å². The highest BCUT2D eigenvalue weighted by Crippen LogP contribution is 2.29. The van der Waals surface area contributed by atoms with Crippen molar-refractivity contribution in [1.29, 1.82) is 0 Å². The van der Waals surface area contributed by atoms with Crippen molar-refractivity contribution >= 4 is 17.0 Å². The van der Waals surface area contributed by atoms with Crippen molar-refractivity contribution in [3.63, 3.8) is 0 Å². The van der Waals surface area contributed by atoms with Gasteiger partial charge in [-0.3, -0.25) is 14.2 Å². The van der Waals surface area contributed by atoms with Crippen molar-refractivity contribution < 1.29 is 0 Å². The number of nitrogens with zero attached hydrogens (tertiary/aromatic N) is 3. The Morgan fingerprint density at radius 2 is 1.96 bits per heavy atom. The second-order valence-corrected chi connectivity index (χ2v) is 6.62.